The Bertz CT molecular complexity index is 1080. The summed E-state index contributed by atoms with van der Waals surface area (Å²) in [4.78, 5) is 0. The van der Waals surface area contributed by atoms with Gasteiger partial charge in [-0.2, -0.15) is 26.3 Å². The first-order valence-corrected chi connectivity index (χ1v) is 11.0. The molecule has 0 fully saturated rings. The highest BCUT2D eigenvalue weighted by Crippen LogP contribution is 2.39. The Morgan fingerprint density at radius 3 is 2.26 bits per heavy atom. The summed E-state index contributed by atoms with van der Waals surface area (Å²) >= 11 is 0.991. The molecule has 0 aliphatic carbocycles. The summed E-state index contributed by atoms with van der Waals surface area (Å²) in [6.45, 7) is -0.356. The van der Waals surface area contributed by atoms with Gasteiger partial charge < -0.3 is 15.6 Å². The molecule has 184 valence electrons. The van der Waals surface area contributed by atoms with Crippen molar-refractivity contribution in [3.8, 4) is 16.3 Å². The highest BCUT2D eigenvalue weighted by molar-refractivity contribution is 7.14. The maximum atomic E-state index is 13.6. The van der Waals surface area contributed by atoms with Crippen LogP contribution >= 0.6 is 11.3 Å². The first-order chi connectivity index (χ1) is 16.0. The molecule has 34 heavy (non-hydrogen) atoms. The van der Waals surface area contributed by atoms with Crippen LogP contribution in [0.3, 0.4) is 0 Å². The van der Waals surface area contributed by atoms with Crippen LogP contribution in [0.5, 0.6) is 5.75 Å². The molecule has 0 spiro atoms. The number of halogens is 6. The highest BCUT2D eigenvalue weighted by Gasteiger charge is 2.35. The maximum absolute atomic E-state index is 13.6. The van der Waals surface area contributed by atoms with Gasteiger partial charge >= 0.3 is 12.4 Å². The molecule has 2 aromatic carbocycles. The molecule has 12 heteroatoms. The lowest BCUT2D eigenvalue weighted by atomic mass is 10.1. The van der Waals surface area contributed by atoms with Crippen molar-refractivity contribution in [1.82, 2.24) is 10.2 Å². The summed E-state index contributed by atoms with van der Waals surface area (Å²) in [5.41, 5.74) is 4.86. The fraction of sp³-hybridized carbons (Fsp3) is 0.364. The average Bonchev–Trinajstić information content (AvgIpc) is 3.28. The number of benzene rings is 2. The zero-order valence-electron chi connectivity index (χ0n) is 17.7. The number of ether oxygens (including phenoxy) is 1. The van der Waals surface area contributed by atoms with E-state index in [9.17, 15) is 26.3 Å². The molecule has 0 aliphatic rings. The van der Waals surface area contributed by atoms with E-state index in [0.29, 0.717) is 29.8 Å². The fourth-order valence-electron chi connectivity index (χ4n) is 3.06. The summed E-state index contributed by atoms with van der Waals surface area (Å²) in [6, 6.07) is 7.57. The first kappa shape index (κ1) is 25.9. The predicted molar refractivity (Wildman–Crippen MR) is 114 cm³/mol. The van der Waals surface area contributed by atoms with Crippen LogP contribution in [0.2, 0.25) is 0 Å². The molecule has 3 N–H and O–H groups in total. The Labute approximate surface area is 195 Å². The summed E-state index contributed by atoms with van der Waals surface area (Å²) in [6.07, 6.45) is -7.65. The lowest BCUT2D eigenvalue weighted by Crippen LogP contribution is -2.13. The second kappa shape index (κ2) is 10.7. The van der Waals surface area contributed by atoms with E-state index in [2.05, 4.69) is 10.2 Å². The molecule has 1 atom stereocenters. The summed E-state index contributed by atoms with van der Waals surface area (Å²) < 4.78 is 84.0. The second-order valence-corrected chi connectivity index (χ2v) is 8.45. The number of hydrogen-bond acceptors (Lipinski definition) is 6. The molecule has 1 unspecified atom stereocenters. The third-order valence-corrected chi connectivity index (χ3v) is 5.99. The number of aliphatic hydroxyl groups excluding tert-OH is 1. The van der Waals surface area contributed by atoms with E-state index in [-0.39, 0.29) is 29.5 Å². The minimum absolute atomic E-state index is 0.0113. The number of hydrogen-bond donors (Lipinski definition) is 2. The summed E-state index contributed by atoms with van der Waals surface area (Å²) in [5.74, 6) is -0.331. The van der Waals surface area contributed by atoms with E-state index in [1.807, 2.05) is 0 Å². The van der Waals surface area contributed by atoms with Gasteiger partial charge in [0.15, 0.2) is 0 Å². The van der Waals surface area contributed by atoms with Gasteiger partial charge in [0.25, 0.3) is 0 Å². The molecule has 0 aliphatic heterocycles. The van der Waals surface area contributed by atoms with Gasteiger partial charge in [0.2, 0.25) is 0 Å². The number of unbranched alkanes of at least 4 members (excludes halogenated alkanes) is 1. The molecule has 0 saturated carbocycles. The zero-order chi connectivity index (χ0) is 24.9. The molecular weight excluding hydrogens is 484 g/mol. The van der Waals surface area contributed by atoms with Crippen LogP contribution < -0.4 is 10.5 Å². The van der Waals surface area contributed by atoms with E-state index in [1.54, 1.807) is 0 Å². The topological polar surface area (TPSA) is 81.3 Å². The SMILES string of the molecule is NC(CO)c1nnc(-c2ccc(OCCCCc3ccc(C(F)(F)F)cc3)c(C(F)(F)F)c2)s1. The normalized spacial score (nSPS) is 13.2. The molecule has 0 saturated heterocycles. The Kier molecular flexibility index (Phi) is 8.16. The molecule has 3 aromatic rings. The smallest absolute Gasteiger partial charge is 0.419 e. The van der Waals surface area contributed by atoms with Crippen molar-refractivity contribution in [2.75, 3.05) is 13.2 Å². The highest BCUT2D eigenvalue weighted by atomic mass is 32.1. The predicted octanol–water partition coefficient (Wildman–Crippen LogP) is 5.64. The maximum Gasteiger partial charge on any atom is 0.419 e. The van der Waals surface area contributed by atoms with Crippen molar-refractivity contribution < 1.29 is 36.2 Å². The summed E-state index contributed by atoms with van der Waals surface area (Å²) in [5, 5.41) is 17.3. The minimum Gasteiger partial charge on any atom is -0.493 e. The standard InChI is InChI=1S/C22H21F6N3O2S/c23-21(24,25)15-7-4-13(5-8-15)3-1-2-10-33-18-9-6-14(11-16(18)22(26,27)28)19-30-31-20(34-19)17(29)12-32/h4-9,11,17,32H,1-3,10,12,29H2. The molecule has 0 bridgehead atoms. The Morgan fingerprint density at radius 1 is 0.941 bits per heavy atom. The van der Waals surface area contributed by atoms with Gasteiger partial charge in [-0.3, -0.25) is 0 Å². The molecular formula is C22H21F6N3O2S. The molecule has 3 rings (SSSR count). The number of alkyl halides is 6. The Morgan fingerprint density at radius 2 is 1.65 bits per heavy atom. The van der Waals surface area contributed by atoms with Gasteiger partial charge in [0.1, 0.15) is 15.8 Å². The van der Waals surface area contributed by atoms with Crippen LogP contribution in [0.1, 0.15) is 40.6 Å². The fourth-order valence-corrected chi connectivity index (χ4v) is 3.90. The number of aryl methyl sites for hydroxylation is 1. The third-order valence-electron chi connectivity index (χ3n) is 4.89. The van der Waals surface area contributed by atoms with Gasteiger partial charge in [-0.25, -0.2) is 0 Å². The van der Waals surface area contributed by atoms with Crippen LogP contribution in [0.15, 0.2) is 42.5 Å². The van der Waals surface area contributed by atoms with E-state index in [0.717, 1.165) is 29.5 Å². The van der Waals surface area contributed by atoms with Crippen molar-refractivity contribution in [2.45, 2.75) is 37.7 Å². The van der Waals surface area contributed by atoms with Gasteiger partial charge in [0.05, 0.1) is 30.4 Å². The van der Waals surface area contributed by atoms with Crippen molar-refractivity contribution >= 4 is 11.3 Å². The molecule has 0 amide bonds. The number of nitrogens with two attached hydrogens (primary N) is 1. The minimum atomic E-state index is -4.67. The van der Waals surface area contributed by atoms with E-state index in [1.165, 1.54) is 24.3 Å². The van der Waals surface area contributed by atoms with Crippen LogP contribution in [-0.2, 0) is 18.8 Å². The molecule has 1 heterocycles. The van der Waals surface area contributed by atoms with Gasteiger partial charge in [-0.05, 0) is 55.2 Å². The number of rotatable bonds is 9. The van der Waals surface area contributed by atoms with Crippen molar-refractivity contribution in [1.29, 1.82) is 0 Å². The van der Waals surface area contributed by atoms with Crippen LogP contribution in [0.25, 0.3) is 10.6 Å². The van der Waals surface area contributed by atoms with Crippen molar-refractivity contribution in [3.63, 3.8) is 0 Å². The van der Waals surface area contributed by atoms with Gasteiger partial charge in [0, 0.05) is 5.56 Å². The van der Waals surface area contributed by atoms with Crippen LogP contribution in [-0.4, -0.2) is 28.5 Å². The van der Waals surface area contributed by atoms with Gasteiger partial charge in [-0.15, -0.1) is 10.2 Å². The zero-order valence-corrected chi connectivity index (χ0v) is 18.5. The van der Waals surface area contributed by atoms with E-state index < -0.39 is 29.5 Å². The quantitative estimate of drug-likeness (QED) is 0.291. The average molecular weight is 505 g/mol. The monoisotopic (exact) mass is 505 g/mol. The van der Waals surface area contributed by atoms with Crippen LogP contribution in [0.4, 0.5) is 26.3 Å². The molecule has 5 nitrogen and oxygen atoms in total. The molecule has 1 aromatic heterocycles. The Balaban J connectivity index is 1.60. The van der Waals surface area contributed by atoms with Gasteiger partial charge in [-0.1, -0.05) is 23.5 Å². The largest absolute Gasteiger partial charge is 0.493 e. The van der Waals surface area contributed by atoms with E-state index >= 15 is 0 Å². The molecule has 0 radical (unpaired) electrons. The van der Waals surface area contributed by atoms with E-state index in [4.69, 9.17) is 15.6 Å². The number of aromatic nitrogens is 2. The number of nitrogens with zero attached hydrogens (tertiary/aromatic N) is 2. The van der Waals surface area contributed by atoms with Crippen LogP contribution in [0, 0.1) is 0 Å². The summed E-state index contributed by atoms with van der Waals surface area (Å²) in [7, 11) is 0. The van der Waals surface area contributed by atoms with Crippen molar-refractivity contribution in [3.05, 3.63) is 64.2 Å². The first-order valence-electron chi connectivity index (χ1n) is 10.2. The lowest BCUT2D eigenvalue weighted by Gasteiger charge is -2.15. The number of aliphatic hydroxyl groups is 1. The Hall–Kier alpha value is -2.70. The van der Waals surface area contributed by atoms with Crippen molar-refractivity contribution in [2.24, 2.45) is 5.73 Å². The third kappa shape index (κ3) is 6.67. The lowest BCUT2D eigenvalue weighted by molar-refractivity contribution is -0.139. The second-order valence-electron chi connectivity index (χ2n) is 7.44.